The third-order valence-corrected chi connectivity index (χ3v) is 5.26. The molecule has 6 heteroatoms. The number of carbonyl (C=O) groups excluding carboxylic acids is 1. The van der Waals surface area contributed by atoms with Gasteiger partial charge in [0.05, 0.1) is 12.7 Å². The Hall–Kier alpha value is -2.60. The molecule has 1 aliphatic rings. The Morgan fingerprint density at radius 3 is 2.90 bits per heavy atom. The maximum atomic E-state index is 12.5. The van der Waals surface area contributed by atoms with Crippen LogP contribution in [0.25, 0.3) is 0 Å². The molecule has 0 saturated carbocycles. The quantitative estimate of drug-likeness (QED) is 0.578. The number of nitrogens with zero attached hydrogens (tertiary/aromatic N) is 3. The van der Waals surface area contributed by atoms with Gasteiger partial charge in [0.15, 0.2) is 0 Å². The predicted octanol–water partition coefficient (Wildman–Crippen LogP) is 4.15. The molecular formula is C24H33N3O3. The van der Waals surface area contributed by atoms with Gasteiger partial charge < -0.3 is 14.4 Å². The van der Waals surface area contributed by atoms with Crippen molar-refractivity contribution in [3.05, 3.63) is 53.7 Å². The number of ether oxygens (including phenoxy) is 2. The molecule has 1 atom stereocenters. The van der Waals surface area contributed by atoms with Gasteiger partial charge in [-0.05, 0) is 56.5 Å². The summed E-state index contributed by atoms with van der Waals surface area (Å²) in [7, 11) is 2.02. The van der Waals surface area contributed by atoms with Gasteiger partial charge >= 0.3 is 5.97 Å². The highest BCUT2D eigenvalue weighted by molar-refractivity contribution is 5.94. The number of pyridine rings is 1. The molecule has 1 unspecified atom stereocenters. The average Bonchev–Trinajstić information content (AvgIpc) is 3.20. The maximum Gasteiger partial charge on any atom is 0.342 e. The second-order valence-electron chi connectivity index (χ2n) is 8.11. The van der Waals surface area contributed by atoms with E-state index in [1.807, 2.05) is 27.0 Å². The Kier molecular flexibility index (Phi) is 7.69. The van der Waals surface area contributed by atoms with Gasteiger partial charge in [0.1, 0.15) is 17.1 Å². The Bertz CT molecular complexity index is 840. The lowest BCUT2D eigenvalue weighted by atomic mass is 10.2. The van der Waals surface area contributed by atoms with Crippen LogP contribution in [0, 0.1) is 0 Å². The van der Waals surface area contributed by atoms with Crippen LogP contribution in [0.2, 0.25) is 0 Å². The third-order valence-electron chi connectivity index (χ3n) is 5.26. The Labute approximate surface area is 179 Å². The van der Waals surface area contributed by atoms with E-state index in [9.17, 15) is 4.79 Å². The van der Waals surface area contributed by atoms with Crippen molar-refractivity contribution in [2.75, 3.05) is 31.6 Å². The summed E-state index contributed by atoms with van der Waals surface area (Å²) in [6, 6.07) is 12.2. The molecule has 1 fully saturated rings. The van der Waals surface area contributed by atoms with Crippen LogP contribution in [0.1, 0.15) is 49.5 Å². The summed E-state index contributed by atoms with van der Waals surface area (Å²) in [5.41, 5.74) is 1.78. The number of hydrogen-bond acceptors (Lipinski definition) is 6. The number of carbonyl (C=O) groups is 1. The molecule has 0 aliphatic carbocycles. The van der Waals surface area contributed by atoms with E-state index in [1.165, 1.54) is 5.56 Å². The SMILES string of the molecule is CCCOc1cccc(CN2CCC(N(C)c3ncccc3C(=O)OC(C)C)C2)c1. The van der Waals surface area contributed by atoms with Crippen molar-refractivity contribution < 1.29 is 14.3 Å². The van der Waals surface area contributed by atoms with Gasteiger partial charge in [0.2, 0.25) is 0 Å². The molecule has 0 amide bonds. The molecule has 0 N–H and O–H groups in total. The van der Waals surface area contributed by atoms with Crippen molar-refractivity contribution in [3.8, 4) is 5.75 Å². The molecule has 30 heavy (non-hydrogen) atoms. The van der Waals surface area contributed by atoms with Crippen molar-refractivity contribution in [2.24, 2.45) is 0 Å². The first-order chi connectivity index (χ1) is 14.5. The average molecular weight is 412 g/mol. The number of rotatable bonds is 9. The van der Waals surface area contributed by atoms with E-state index in [4.69, 9.17) is 9.47 Å². The lowest BCUT2D eigenvalue weighted by molar-refractivity contribution is 0.0378. The lowest BCUT2D eigenvalue weighted by Gasteiger charge is -2.27. The van der Waals surface area contributed by atoms with Gasteiger partial charge in [-0.3, -0.25) is 4.90 Å². The van der Waals surface area contributed by atoms with Crippen LogP contribution in [0.5, 0.6) is 5.75 Å². The lowest BCUT2D eigenvalue weighted by Crippen LogP contribution is -2.36. The van der Waals surface area contributed by atoms with Gasteiger partial charge in [0.25, 0.3) is 0 Å². The minimum atomic E-state index is -0.321. The van der Waals surface area contributed by atoms with Crippen molar-refractivity contribution in [1.82, 2.24) is 9.88 Å². The number of hydrogen-bond donors (Lipinski definition) is 0. The monoisotopic (exact) mass is 411 g/mol. The van der Waals surface area contributed by atoms with E-state index in [0.29, 0.717) is 17.4 Å². The summed E-state index contributed by atoms with van der Waals surface area (Å²) in [5, 5.41) is 0. The summed E-state index contributed by atoms with van der Waals surface area (Å²) in [6.45, 7) is 9.38. The molecular weight excluding hydrogens is 378 g/mol. The Morgan fingerprint density at radius 1 is 1.30 bits per heavy atom. The molecule has 0 bridgehead atoms. The van der Waals surface area contributed by atoms with E-state index in [1.54, 1.807) is 18.3 Å². The first-order valence-electron chi connectivity index (χ1n) is 10.8. The third kappa shape index (κ3) is 5.72. The highest BCUT2D eigenvalue weighted by atomic mass is 16.5. The van der Waals surface area contributed by atoms with Gasteiger partial charge in [-0.15, -0.1) is 0 Å². The second-order valence-corrected chi connectivity index (χ2v) is 8.11. The van der Waals surface area contributed by atoms with Gasteiger partial charge in [0, 0.05) is 38.9 Å². The number of esters is 1. The van der Waals surface area contributed by atoms with Gasteiger partial charge in [-0.2, -0.15) is 0 Å². The first-order valence-corrected chi connectivity index (χ1v) is 10.8. The van der Waals surface area contributed by atoms with E-state index in [0.717, 1.165) is 44.8 Å². The van der Waals surface area contributed by atoms with Gasteiger partial charge in [-0.25, -0.2) is 9.78 Å². The number of anilines is 1. The molecule has 2 heterocycles. The molecule has 0 spiro atoms. The highest BCUT2D eigenvalue weighted by Crippen LogP contribution is 2.25. The van der Waals surface area contributed by atoms with Crippen LogP contribution in [-0.2, 0) is 11.3 Å². The molecule has 1 aromatic carbocycles. The molecule has 1 saturated heterocycles. The summed E-state index contributed by atoms with van der Waals surface area (Å²) in [5.74, 6) is 1.30. The minimum absolute atomic E-state index is 0.157. The first kappa shape index (κ1) is 22.1. The van der Waals surface area contributed by atoms with E-state index in [2.05, 4.69) is 39.9 Å². The standard InChI is InChI=1S/C24H33N3O3/c1-5-14-29-21-9-6-8-19(15-21)16-27-13-11-20(17-27)26(4)23-22(10-7-12-25-23)24(28)30-18(2)3/h6-10,12,15,18,20H,5,11,13-14,16-17H2,1-4H3. The molecule has 0 radical (unpaired) electrons. The van der Waals surface area contributed by atoms with E-state index >= 15 is 0 Å². The summed E-state index contributed by atoms with van der Waals surface area (Å²) >= 11 is 0. The fourth-order valence-electron chi connectivity index (χ4n) is 3.77. The fourth-order valence-corrected chi connectivity index (χ4v) is 3.77. The number of aromatic nitrogens is 1. The normalized spacial score (nSPS) is 16.6. The second kappa shape index (κ2) is 10.4. The number of likely N-dealkylation sites (tertiary alicyclic amines) is 1. The van der Waals surface area contributed by atoms with Crippen LogP contribution in [0.15, 0.2) is 42.6 Å². The molecule has 2 aromatic rings. The van der Waals surface area contributed by atoms with Crippen LogP contribution in [0.3, 0.4) is 0 Å². The zero-order valence-corrected chi connectivity index (χ0v) is 18.5. The summed E-state index contributed by atoms with van der Waals surface area (Å²) < 4.78 is 11.2. The number of likely N-dealkylation sites (N-methyl/N-ethyl adjacent to an activating group) is 1. The summed E-state index contributed by atoms with van der Waals surface area (Å²) in [6.07, 6.45) is 3.60. The van der Waals surface area contributed by atoms with Crippen molar-refractivity contribution >= 4 is 11.8 Å². The molecule has 162 valence electrons. The Morgan fingerprint density at radius 2 is 2.13 bits per heavy atom. The molecule has 3 rings (SSSR count). The predicted molar refractivity (Wildman–Crippen MR) is 119 cm³/mol. The minimum Gasteiger partial charge on any atom is -0.494 e. The summed E-state index contributed by atoms with van der Waals surface area (Å²) in [4.78, 5) is 21.5. The fraction of sp³-hybridized carbons (Fsp3) is 0.500. The largest absolute Gasteiger partial charge is 0.494 e. The zero-order chi connectivity index (χ0) is 21.5. The molecule has 6 nitrogen and oxygen atoms in total. The van der Waals surface area contributed by atoms with E-state index < -0.39 is 0 Å². The smallest absolute Gasteiger partial charge is 0.342 e. The zero-order valence-electron chi connectivity index (χ0n) is 18.5. The number of benzene rings is 1. The van der Waals surface area contributed by atoms with Crippen molar-refractivity contribution in [1.29, 1.82) is 0 Å². The van der Waals surface area contributed by atoms with E-state index in [-0.39, 0.29) is 12.1 Å². The molecule has 1 aliphatic heterocycles. The topological polar surface area (TPSA) is 54.9 Å². The van der Waals surface area contributed by atoms with Crippen LogP contribution in [0.4, 0.5) is 5.82 Å². The van der Waals surface area contributed by atoms with Crippen LogP contribution >= 0.6 is 0 Å². The Balaban J connectivity index is 1.64. The van der Waals surface area contributed by atoms with Crippen molar-refractivity contribution in [3.63, 3.8) is 0 Å². The van der Waals surface area contributed by atoms with Gasteiger partial charge in [-0.1, -0.05) is 19.1 Å². The van der Waals surface area contributed by atoms with Crippen LogP contribution < -0.4 is 9.64 Å². The maximum absolute atomic E-state index is 12.5. The highest BCUT2D eigenvalue weighted by Gasteiger charge is 2.29. The van der Waals surface area contributed by atoms with Crippen molar-refractivity contribution in [2.45, 2.75) is 52.3 Å². The molecule has 1 aromatic heterocycles. The van der Waals surface area contributed by atoms with Crippen LogP contribution in [-0.4, -0.2) is 54.7 Å².